The SMILES string of the molecule is Fc1ccc(C(Br)Cc2ccncc2)c(F)c1F. The lowest BCUT2D eigenvalue weighted by atomic mass is 10.0. The third kappa shape index (κ3) is 2.72. The molecule has 2 aromatic rings. The first kappa shape index (κ1) is 13.1. The summed E-state index contributed by atoms with van der Waals surface area (Å²) in [7, 11) is 0. The standard InChI is InChI=1S/C13H9BrF3N/c14-10(7-8-3-5-18-6-4-8)9-1-2-11(15)13(17)12(9)16/h1-6,10H,7H2. The predicted octanol–water partition coefficient (Wildman–Crippen LogP) is 4.18. The van der Waals surface area contributed by atoms with Crippen LogP contribution >= 0.6 is 15.9 Å². The van der Waals surface area contributed by atoms with Crippen LogP contribution in [0.5, 0.6) is 0 Å². The molecule has 2 rings (SSSR count). The summed E-state index contributed by atoms with van der Waals surface area (Å²) in [6.07, 6.45) is 3.71. The van der Waals surface area contributed by atoms with Crippen LogP contribution in [0, 0.1) is 17.5 Å². The van der Waals surface area contributed by atoms with Crippen LogP contribution in [0.1, 0.15) is 16.0 Å². The number of alkyl halides is 1. The van der Waals surface area contributed by atoms with E-state index in [9.17, 15) is 13.2 Å². The lowest BCUT2D eigenvalue weighted by Gasteiger charge is -2.11. The molecule has 1 aromatic carbocycles. The highest BCUT2D eigenvalue weighted by molar-refractivity contribution is 9.09. The summed E-state index contributed by atoms with van der Waals surface area (Å²) < 4.78 is 39.5. The fourth-order valence-corrected chi connectivity index (χ4v) is 2.35. The van der Waals surface area contributed by atoms with Gasteiger partial charge in [0, 0.05) is 22.8 Å². The van der Waals surface area contributed by atoms with Gasteiger partial charge in [0.15, 0.2) is 17.5 Å². The highest BCUT2D eigenvalue weighted by Gasteiger charge is 2.19. The zero-order valence-corrected chi connectivity index (χ0v) is 10.8. The summed E-state index contributed by atoms with van der Waals surface area (Å²) in [6, 6.07) is 5.74. The molecule has 0 amide bonds. The Morgan fingerprint density at radius 1 is 1.00 bits per heavy atom. The maximum Gasteiger partial charge on any atom is 0.194 e. The first-order valence-corrected chi connectivity index (χ1v) is 6.17. The average molecular weight is 316 g/mol. The normalized spacial score (nSPS) is 12.4. The van der Waals surface area contributed by atoms with Gasteiger partial charge in [-0.25, -0.2) is 13.2 Å². The van der Waals surface area contributed by atoms with E-state index in [2.05, 4.69) is 20.9 Å². The summed E-state index contributed by atoms with van der Waals surface area (Å²) >= 11 is 3.28. The van der Waals surface area contributed by atoms with Gasteiger partial charge in [0.1, 0.15) is 0 Å². The van der Waals surface area contributed by atoms with Gasteiger partial charge in [0.2, 0.25) is 0 Å². The second kappa shape index (κ2) is 5.52. The van der Waals surface area contributed by atoms with Crippen molar-refractivity contribution in [3.05, 3.63) is 65.2 Å². The van der Waals surface area contributed by atoms with Crippen LogP contribution in [0.4, 0.5) is 13.2 Å². The van der Waals surface area contributed by atoms with Crippen molar-refractivity contribution >= 4 is 15.9 Å². The van der Waals surface area contributed by atoms with Gasteiger partial charge in [-0.3, -0.25) is 4.98 Å². The summed E-state index contributed by atoms with van der Waals surface area (Å²) in [5.41, 5.74) is 1.03. The summed E-state index contributed by atoms with van der Waals surface area (Å²) in [5, 5.41) is 0. The van der Waals surface area contributed by atoms with Gasteiger partial charge in [-0.15, -0.1) is 0 Å². The molecule has 1 atom stereocenters. The van der Waals surface area contributed by atoms with E-state index in [1.807, 2.05) is 0 Å². The number of aromatic nitrogens is 1. The number of nitrogens with zero attached hydrogens (tertiary/aromatic N) is 1. The molecule has 1 heterocycles. The van der Waals surface area contributed by atoms with Crippen LogP contribution in [-0.2, 0) is 6.42 Å². The first-order chi connectivity index (χ1) is 8.59. The number of hydrogen-bond acceptors (Lipinski definition) is 1. The minimum Gasteiger partial charge on any atom is -0.265 e. The fourth-order valence-electron chi connectivity index (χ4n) is 1.62. The van der Waals surface area contributed by atoms with Gasteiger partial charge in [-0.1, -0.05) is 22.0 Å². The summed E-state index contributed by atoms with van der Waals surface area (Å²) in [4.78, 5) is 3.45. The third-order valence-corrected chi connectivity index (χ3v) is 3.38. The molecule has 0 radical (unpaired) electrons. The van der Waals surface area contributed by atoms with E-state index in [1.54, 1.807) is 24.5 Å². The molecule has 1 unspecified atom stereocenters. The molecule has 1 nitrogen and oxygen atoms in total. The number of benzene rings is 1. The van der Waals surface area contributed by atoms with E-state index in [-0.39, 0.29) is 5.56 Å². The monoisotopic (exact) mass is 315 g/mol. The summed E-state index contributed by atoms with van der Waals surface area (Å²) in [6.45, 7) is 0. The molecular formula is C13H9BrF3N. The molecule has 0 N–H and O–H groups in total. The highest BCUT2D eigenvalue weighted by atomic mass is 79.9. The van der Waals surface area contributed by atoms with Crippen molar-refractivity contribution in [1.29, 1.82) is 0 Å². The third-order valence-electron chi connectivity index (χ3n) is 2.57. The number of hydrogen-bond donors (Lipinski definition) is 0. The van der Waals surface area contributed by atoms with Crippen molar-refractivity contribution in [2.24, 2.45) is 0 Å². The molecular weight excluding hydrogens is 307 g/mol. The van der Waals surface area contributed by atoms with Crippen LogP contribution in [0.15, 0.2) is 36.7 Å². The molecule has 5 heteroatoms. The van der Waals surface area contributed by atoms with Crippen molar-refractivity contribution in [2.45, 2.75) is 11.2 Å². The second-order valence-corrected chi connectivity index (χ2v) is 4.90. The number of pyridine rings is 1. The maximum atomic E-state index is 13.6. The van der Waals surface area contributed by atoms with Crippen LogP contribution in [0.3, 0.4) is 0 Å². The molecule has 0 bridgehead atoms. The molecule has 0 saturated carbocycles. The van der Waals surface area contributed by atoms with Crippen LogP contribution in [0.2, 0.25) is 0 Å². The van der Waals surface area contributed by atoms with Gasteiger partial charge in [0.05, 0.1) is 0 Å². The van der Waals surface area contributed by atoms with Crippen LogP contribution < -0.4 is 0 Å². The van der Waals surface area contributed by atoms with E-state index in [4.69, 9.17) is 0 Å². The lowest BCUT2D eigenvalue weighted by Crippen LogP contribution is -2.02. The molecule has 0 fully saturated rings. The molecule has 18 heavy (non-hydrogen) atoms. The Morgan fingerprint density at radius 2 is 1.67 bits per heavy atom. The van der Waals surface area contributed by atoms with E-state index in [0.29, 0.717) is 6.42 Å². The molecule has 0 aliphatic rings. The molecule has 0 aliphatic heterocycles. The lowest BCUT2D eigenvalue weighted by molar-refractivity contribution is 0.440. The topological polar surface area (TPSA) is 12.9 Å². The van der Waals surface area contributed by atoms with E-state index in [1.165, 1.54) is 6.07 Å². The van der Waals surface area contributed by atoms with E-state index in [0.717, 1.165) is 11.6 Å². The Hall–Kier alpha value is -1.36. The largest absolute Gasteiger partial charge is 0.265 e. The second-order valence-electron chi connectivity index (χ2n) is 3.79. The van der Waals surface area contributed by atoms with E-state index >= 15 is 0 Å². The predicted molar refractivity (Wildman–Crippen MR) is 65.9 cm³/mol. The Kier molecular flexibility index (Phi) is 4.01. The zero-order valence-electron chi connectivity index (χ0n) is 9.21. The summed E-state index contributed by atoms with van der Waals surface area (Å²) in [5.74, 6) is -3.77. The Labute approximate surface area is 111 Å². The minimum absolute atomic E-state index is 0.103. The van der Waals surface area contributed by atoms with Gasteiger partial charge < -0.3 is 0 Å². The fraction of sp³-hybridized carbons (Fsp3) is 0.154. The van der Waals surface area contributed by atoms with Crippen molar-refractivity contribution < 1.29 is 13.2 Å². The average Bonchev–Trinajstić information content (AvgIpc) is 2.37. The number of halogens is 4. The molecule has 0 saturated heterocycles. The zero-order chi connectivity index (χ0) is 13.1. The van der Waals surface area contributed by atoms with E-state index < -0.39 is 22.3 Å². The molecule has 94 valence electrons. The van der Waals surface area contributed by atoms with Gasteiger partial charge >= 0.3 is 0 Å². The quantitative estimate of drug-likeness (QED) is 0.611. The van der Waals surface area contributed by atoms with Gasteiger partial charge in [-0.2, -0.15) is 0 Å². The first-order valence-electron chi connectivity index (χ1n) is 5.26. The van der Waals surface area contributed by atoms with Crippen molar-refractivity contribution in [3.8, 4) is 0 Å². The number of rotatable bonds is 3. The van der Waals surface area contributed by atoms with Crippen molar-refractivity contribution in [3.63, 3.8) is 0 Å². The molecule has 0 aliphatic carbocycles. The van der Waals surface area contributed by atoms with Crippen molar-refractivity contribution in [2.75, 3.05) is 0 Å². The highest BCUT2D eigenvalue weighted by Crippen LogP contribution is 2.30. The molecule has 0 spiro atoms. The van der Waals surface area contributed by atoms with Crippen LogP contribution in [-0.4, -0.2) is 4.98 Å². The smallest absolute Gasteiger partial charge is 0.194 e. The van der Waals surface area contributed by atoms with Gasteiger partial charge in [-0.05, 0) is 30.2 Å². The van der Waals surface area contributed by atoms with Crippen LogP contribution in [0.25, 0.3) is 0 Å². The minimum atomic E-state index is -1.44. The van der Waals surface area contributed by atoms with Crippen molar-refractivity contribution in [1.82, 2.24) is 4.98 Å². The van der Waals surface area contributed by atoms with Gasteiger partial charge in [0.25, 0.3) is 0 Å². The Morgan fingerprint density at radius 3 is 2.33 bits per heavy atom. The Balaban J connectivity index is 2.24. The molecule has 1 aromatic heterocycles. The Bertz CT molecular complexity index is 545. The maximum absolute atomic E-state index is 13.6.